The Bertz CT molecular complexity index is 1020. The molecule has 1 heterocycles. The van der Waals surface area contributed by atoms with Crippen LogP contribution in [0.2, 0.25) is 5.02 Å². The van der Waals surface area contributed by atoms with Crippen LogP contribution in [0.5, 0.6) is 5.75 Å². The first-order chi connectivity index (χ1) is 14.8. The summed E-state index contributed by atoms with van der Waals surface area (Å²) in [7, 11) is 3.93. The monoisotopic (exact) mass is 444 g/mol. The zero-order valence-corrected chi connectivity index (χ0v) is 18.6. The number of nitrogens with one attached hydrogen (secondary N) is 1. The van der Waals surface area contributed by atoms with E-state index < -0.39 is 0 Å². The lowest BCUT2D eigenvalue weighted by atomic mass is 10.0. The van der Waals surface area contributed by atoms with Crippen LogP contribution in [0, 0.1) is 12.7 Å². The van der Waals surface area contributed by atoms with Crippen molar-refractivity contribution in [3.63, 3.8) is 0 Å². The average Bonchev–Trinajstić information content (AvgIpc) is 3.21. The molecule has 0 saturated heterocycles. The zero-order chi connectivity index (χ0) is 22.4. The molecule has 1 atom stereocenters. The van der Waals surface area contributed by atoms with E-state index in [1.165, 1.54) is 12.1 Å². The molecule has 0 radical (unpaired) electrons. The molecule has 3 rings (SSSR count). The van der Waals surface area contributed by atoms with Gasteiger partial charge >= 0.3 is 0 Å². The van der Waals surface area contributed by atoms with Crippen molar-refractivity contribution in [1.29, 1.82) is 0 Å². The number of carbonyl (C=O) groups is 1. The van der Waals surface area contributed by atoms with Gasteiger partial charge in [0.1, 0.15) is 23.9 Å². The van der Waals surface area contributed by atoms with Gasteiger partial charge < -0.3 is 19.4 Å². The van der Waals surface area contributed by atoms with Crippen molar-refractivity contribution in [3.05, 3.63) is 88.1 Å². The molecule has 2 aromatic carbocycles. The number of furan rings is 1. The Kier molecular flexibility index (Phi) is 7.71. The molecule has 0 aliphatic heterocycles. The molecule has 31 heavy (non-hydrogen) atoms. The minimum Gasteiger partial charge on any atom is -0.486 e. The molecule has 7 heteroatoms. The summed E-state index contributed by atoms with van der Waals surface area (Å²) >= 11 is 6.03. The number of hydrogen-bond acceptors (Lipinski definition) is 4. The Morgan fingerprint density at radius 2 is 1.90 bits per heavy atom. The molecule has 164 valence electrons. The van der Waals surface area contributed by atoms with E-state index in [0.717, 1.165) is 17.7 Å². The van der Waals surface area contributed by atoms with Crippen molar-refractivity contribution in [2.75, 3.05) is 20.6 Å². The van der Waals surface area contributed by atoms with Gasteiger partial charge in [0, 0.05) is 5.02 Å². The first kappa shape index (κ1) is 22.8. The maximum absolute atomic E-state index is 13.3. The fourth-order valence-electron chi connectivity index (χ4n) is 3.07. The molecule has 1 unspecified atom stereocenters. The Morgan fingerprint density at radius 3 is 2.58 bits per heavy atom. The van der Waals surface area contributed by atoms with Crippen molar-refractivity contribution >= 4 is 17.5 Å². The van der Waals surface area contributed by atoms with Crippen LogP contribution in [0.25, 0.3) is 0 Å². The van der Waals surface area contributed by atoms with E-state index in [1.807, 2.05) is 32.0 Å². The third-order valence-electron chi connectivity index (χ3n) is 4.84. The quantitative estimate of drug-likeness (QED) is 0.481. The van der Waals surface area contributed by atoms with Gasteiger partial charge in [-0.25, -0.2) is 4.39 Å². The lowest BCUT2D eigenvalue weighted by Crippen LogP contribution is -2.30. The predicted molar refractivity (Wildman–Crippen MR) is 119 cm³/mol. The third kappa shape index (κ3) is 6.57. The van der Waals surface area contributed by atoms with E-state index >= 15 is 0 Å². The highest BCUT2D eigenvalue weighted by molar-refractivity contribution is 6.31. The molecule has 0 spiro atoms. The number of rotatable bonds is 9. The molecule has 1 aromatic heterocycles. The van der Waals surface area contributed by atoms with Gasteiger partial charge in [-0.1, -0.05) is 23.7 Å². The number of carbonyl (C=O) groups excluding carboxylic acids is 1. The summed E-state index contributed by atoms with van der Waals surface area (Å²) in [6.07, 6.45) is 0.678. The van der Waals surface area contributed by atoms with E-state index in [9.17, 15) is 9.18 Å². The van der Waals surface area contributed by atoms with E-state index in [-0.39, 0.29) is 30.1 Å². The lowest BCUT2D eigenvalue weighted by Gasteiger charge is -2.21. The standard InChI is InChI=1S/C24H26ClFN2O3/c1-16-14-19(8-10-21(16)25)30-15-20-9-11-23(31-20)24(29)27-22(12-13-28(2)3)17-4-6-18(26)7-5-17/h4-11,14,22H,12-13,15H2,1-3H3,(H,27,29). The van der Waals surface area contributed by atoms with Gasteiger partial charge in [-0.15, -0.1) is 0 Å². The van der Waals surface area contributed by atoms with Gasteiger partial charge in [0.25, 0.3) is 5.91 Å². The number of aryl methyl sites for hydroxylation is 1. The summed E-state index contributed by atoms with van der Waals surface area (Å²) in [4.78, 5) is 14.8. The summed E-state index contributed by atoms with van der Waals surface area (Å²) in [6, 6.07) is 14.6. The predicted octanol–water partition coefficient (Wildman–Crippen LogP) is 5.38. The molecule has 0 bridgehead atoms. The van der Waals surface area contributed by atoms with Crippen LogP contribution in [0.1, 0.15) is 39.9 Å². The maximum Gasteiger partial charge on any atom is 0.287 e. The highest BCUT2D eigenvalue weighted by atomic mass is 35.5. The Labute approximate surface area is 186 Å². The normalized spacial score (nSPS) is 12.1. The van der Waals surface area contributed by atoms with Crippen LogP contribution >= 0.6 is 11.6 Å². The number of benzene rings is 2. The number of hydrogen-bond donors (Lipinski definition) is 1. The van der Waals surface area contributed by atoms with Crippen LogP contribution in [0.15, 0.2) is 59.0 Å². The number of amides is 1. The van der Waals surface area contributed by atoms with Gasteiger partial charge in [-0.3, -0.25) is 4.79 Å². The van der Waals surface area contributed by atoms with Crippen molar-refractivity contribution in [2.24, 2.45) is 0 Å². The summed E-state index contributed by atoms with van der Waals surface area (Å²) in [5.41, 5.74) is 1.76. The summed E-state index contributed by atoms with van der Waals surface area (Å²) in [5, 5.41) is 3.66. The van der Waals surface area contributed by atoms with Crippen molar-refractivity contribution in [3.8, 4) is 5.75 Å². The zero-order valence-electron chi connectivity index (χ0n) is 17.8. The molecule has 1 N–H and O–H groups in total. The Morgan fingerprint density at radius 1 is 1.16 bits per heavy atom. The highest BCUT2D eigenvalue weighted by Gasteiger charge is 2.19. The second-order valence-corrected chi connectivity index (χ2v) is 8.04. The molecule has 0 aliphatic rings. The fourth-order valence-corrected chi connectivity index (χ4v) is 3.19. The number of halogens is 2. The van der Waals surface area contributed by atoms with E-state index in [0.29, 0.717) is 23.0 Å². The van der Waals surface area contributed by atoms with Crippen molar-refractivity contribution in [2.45, 2.75) is 26.0 Å². The van der Waals surface area contributed by atoms with Crippen molar-refractivity contribution < 1.29 is 18.3 Å². The fraction of sp³-hybridized carbons (Fsp3) is 0.292. The number of ether oxygens (including phenoxy) is 1. The minimum absolute atomic E-state index is 0.191. The summed E-state index contributed by atoms with van der Waals surface area (Å²) < 4.78 is 24.7. The SMILES string of the molecule is Cc1cc(OCc2ccc(C(=O)NC(CCN(C)C)c3ccc(F)cc3)o2)ccc1Cl. The molecular weight excluding hydrogens is 419 g/mol. The topological polar surface area (TPSA) is 54.7 Å². The van der Waals surface area contributed by atoms with Crippen molar-refractivity contribution in [1.82, 2.24) is 10.2 Å². The van der Waals surface area contributed by atoms with Crippen LogP contribution in [0.3, 0.4) is 0 Å². The number of nitrogens with zero attached hydrogens (tertiary/aromatic N) is 1. The molecule has 0 aliphatic carbocycles. The van der Waals surface area contributed by atoms with Gasteiger partial charge in [-0.05, 0) is 87.6 Å². The molecule has 0 fully saturated rings. The van der Waals surface area contributed by atoms with Crippen LogP contribution in [-0.4, -0.2) is 31.4 Å². The maximum atomic E-state index is 13.3. The van der Waals surface area contributed by atoms with Gasteiger partial charge in [0.15, 0.2) is 5.76 Å². The van der Waals surface area contributed by atoms with E-state index in [4.69, 9.17) is 20.8 Å². The Hall–Kier alpha value is -2.83. The third-order valence-corrected chi connectivity index (χ3v) is 5.26. The summed E-state index contributed by atoms with van der Waals surface area (Å²) in [6.45, 7) is 2.86. The highest BCUT2D eigenvalue weighted by Crippen LogP contribution is 2.23. The van der Waals surface area contributed by atoms with Gasteiger partial charge in [0.05, 0.1) is 6.04 Å². The smallest absolute Gasteiger partial charge is 0.287 e. The van der Waals surface area contributed by atoms with E-state index in [1.54, 1.807) is 36.4 Å². The largest absolute Gasteiger partial charge is 0.486 e. The molecule has 3 aromatic rings. The molecular formula is C24H26ClFN2O3. The summed E-state index contributed by atoms with van der Waals surface area (Å²) in [5.74, 6) is 0.756. The van der Waals surface area contributed by atoms with Crippen LogP contribution in [-0.2, 0) is 6.61 Å². The van der Waals surface area contributed by atoms with E-state index in [2.05, 4.69) is 5.32 Å². The first-order valence-corrected chi connectivity index (χ1v) is 10.4. The molecule has 5 nitrogen and oxygen atoms in total. The second-order valence-electron chi connectivity index (χ2n) is 7.64. The van der Waals surface area contributed by atoms with Gasteiger partial charge in [-0.2, -0.15) is 0 Å². The van der Waals surface area contributed by atoms with Gasteiger partial charge in [0.2, 0.25) is 0 Å². The lowest BCUT2D eigenvalue weighted by molar-refractivity contribution is 0.0900. The minimum atomic E-state index is -0.332. The second kappa shape index (κ2) is 10.5. The first-order valence-electron chi connectivity index (χ1n) is 10.0. The average molecular weight is 445 g/mol. The van der Waals surface area contributed by atoms with Crippen LogP contribution in [0.4, 0.5) is 4.39 Å². The van der Waals surface area contributed by atoms with Crippen LogP contribution < -0.4 is 10.1 Å². The molecule has 0 saturated carbocycles. The Balaban J connectivity index is 1.64. The molecule has 1 amide bonds.